The summed E-state index contributed by atoms with van der Waals surface area (Å²) in [6.07, 6.45) is 0.949. The van der Waals surface area contributed by atoms with Crippen LogP contribution >= 0.6 is 23.2 Å². The van der Waals surface area contributed by atoms with Crippen molar-refractivity contribution < 1.29 is 8.42 Å². The number of aryl methyl sites for hydroxylation is 1. The van der Waals surface area contributed by atoms with Crippen molar-refractivity contribution >= 4 is 33.2 Å². The number of aromatic nitrogens is 4. The normalized spacial score (nSPS) is 16.9. The molecule has 0 aliphatic carbocycles. The predicted octanol–water partition coefficient (Wildman–Crippen LogP) is 1.90. The molecule has 0 bridgehead atoms. The predicted molar refractivity (Wildman–Crippen MR) is 98.6 cm³/mol. The Morgan fingerprint density at radius 3 is 2.58 bits per heavy atom. The average Bonchev–Trinajstić information content (AvgIpc) is 3.05. The summed E-state index contributed by atoms with van der Waals surface area (Å²) in [7, 11) is -3.67. The Kier molecular flexibility index (Phi) is 6.13. The lowest BCUT2D eigenvalue weighted by atomic mass is 10.3. The molecule has 0 spiro atoms. The molecule has 1 aromatic carbocycles. The van der Waals surface area contributed by atoms with E-state index in [1.165, 1.54) is 10.4 Å². The topological polar surface area (TPSA) is 84.2 Å². The van der Waals surface area contributed by atoms with Crippen LogP contribution in [0.1, 0.15) is 19.2 Å². The second-order valence-corrected chi connectivity index (χ2v) is 8.74. The molecule has 0 N–H and O–H groups in total. The second kappa shape index (κ2) is 8.18. The van der Waals surface area contributed by atoms with Crippen molar-refractivity contribution in [1.82, 2.24) is 29.4 Å². The molecule has 2 heterocycles. The number of piperazine rings is 1. The molecule has 3 rings (SSSR count). The van der Waals surface area contributed by atoms with Gasteiger partial charge in [0, 0.05) is 32.7 Å². The van der Waals surface area contributed by atoms with Crippen LogP contribution in [0.2, 0.25) is 10.0 Å². The summed E-state index contributed by atoms with van der Waals surface area (Å²) in [5.41, 5.74) is 0. The van der Waals surface area contributed by atoms with E-state index < -0.39 is 10.0 Å². The highest BCUT2D eigenvalue weighted by atomic mass is 35.5. The van der Waals surface area contributed by atoms with Crippen molar-refractivity contribution in [2.24, 2.45) is 0 Å². The number of rotatable bonds is 6. The van der Waals surface area contributed by atoms with Gasteiger partial charge in [0.15, 0.2) is 5.82 Å². The highest BCUT2D eigenvalue weighted by Crippen LogP contribution is 2.31. The van der Waals surface area contributed by atoms with E-state index >= 15 is 0 Å². The van der Waals surface area contributed by atoms with E-state index in [0.717, 1.165) is 18.8 Å². The Morgan fingerprint density at radius 1 is 1.15 bits per heavy atom. The van der Waals surface area contributed by atoms with Crippen molar-refractivity contribution in [3.05, 3.63) is 34.1 Å². The fourth-order valence-electron chi connectivity index (χ4n) is 2.87. The van der Waals surface area contributed by atoms with Crippen LogP contribution in [0.25, 0.3) is 0 Å². The zero-order valence-electron chi connectivity index (χ0n) is 14.3. The standard InChI is InChI=1S/C15H20Cl2N6O2S/c1-2-6-23-14(18-19-20-23)11-21-7-9-22(10-8-21)26(24,25)13-5-3-4-12(16)15(13)17/h3-5H,2,6-11H2,1H3. The molecule has 0 radical (unpaired) electrons. The van der Waals surface area contributed by atoms with Crippen molar-refractivity contribution in [3.63, 3.8) is 0 Å². The van der Waals surface area contributed by atoms with Crippen LogP contribution in [-0.4, -0.2) is 64.0 Å². The van der Waals surface area contributed by atoms with Crippen molar-refractivity contribution in [2.75, 3.05) is 26.2 Å². The summed E-state index contributed by atoms with van der Waals surface area (Å²) in [6, 6.07) is 4.64. The van der Waals surface area contributed by atoms with Crippen LogP contribution in [0, 0.1) is 0 Å². The minimum Gasteiger partial charge on any atom is -0.293 e. The molecular formula is C15H20Cl2N6O2S. The maximum atomic E-state index is 12.9. The molecule has 1 fully saturated rings. The fourth-order valence-corrected chi connectivity index (χ4v) is 5.03. The zero-order chi connectivity index (χ0) is 18.7. The van der Waals surface area contributed by atoms with Crippen LogP contribution in [0.15, 0.2) is 23.1 Å². The van der Waals surface area contributed by atoms with E-state index in [1.807, 2.05) is 0 Å². The second-order valence-electron chi connectivity index (χ2n) is 6.05. The largest absolute Gasteiger partial charge is 0.293 e. The van der Waals surface area contributed by atoms with E-state index in [1.54, 1.807) is 16.8 Å². The molecule has 1 aliphatic heterocycles. The minimum absolute atomic E-state index is 0.0482. The maximum absolute atomic E-state index is 12.9. The van der Waals surface area contributed by atoms with E-state index in [2.05, 4.69) is 27.3 Å². The van der Waals surface area contributed by atoms with Crippen LogP contribution in [-0.2, 0) is 23.1 Å². The van der Waals surface area contributed by atoms with Gasteiger partial charge >= 0.3 is 0 Å². The number of halogens is 2. The first-order chi connectivity index (χ1) is 12.4. The van der Waals surface area contributed by atoms with Gasteiger partial charge in [-0.2, -0.15) is 4.31 Å². The molecule has 0 unspecified atom stereocenters. The van der Waals surface area contributed by atoms with Gasteiger partial charge in [0.2, 0.25) is 10.0 Å². The molecule has 142 valence electrons. The van der Waals surface area contributed by atoms with Gasteiger partial charge in [0.05, 0.1) is 16.6 Å². The van der Waals surface area contributed by atoms with Gasteiger partial charge < -0.3 is 0 Å². The first-order valence-electron chi connectivity index (χ1n) is 8.35. The number of benzene rings is 1. The van der Waals surface area contributed by atoms with Gasteiger partial charge in [-0.05, 0) is 29.0 Å². The molecule has 1 aromatic heterocycles. The number of nitrogens with zero attached hydrogens (tertiary/aromatic N) is 6. The molecule has 26 heavy (non-hydrogen) atoms. The van der Waals surface area contributed by atoms with Gasteiger partial charge in [-0.3, -0.25) is 4.90 Å². The molecule has 8 nitrogen and oxygen atoms in total. The number of sulfonamides is 1. The summed E-state index contributed by atoms with van der Waals surface area (Å²) in [4.78, 5) is 2.19. The SMILES string of the molecule is CCCn1nnnc1CN1CCN(S(=O)(=O)c2cccc(Cl)c2Cl)CC1. The lowest BCUT2D eigenvalue weighted by molar-refractivity contribution is 0.175. The highest BCUT2D eigenvalue weighted by molar-refractivity contribution is 7.89. The summed E-state index contributed by atoms with van der Waals surface area (Å²) in [6.45, 7) is 5.37. The van der Waals surface area contributed by atoms with E-state index in [0.29, 0.717) is 32.7 Å². The summed E-state index contributed by atoms with van der Waals surface area (Å²) in [5.74, 6) is 0.793. The van der Waals surface area contributed by atoms with Crippen LogP contribution in [0.4, 0.5) is 0 Å². The average molecular weight is 419 g/mol. The first-order valence-corrected chi connectivity index (χ1v) is 10.5. The third-order valence-corrected chi connectivity index (χ3v) is 7.14. The van der Waals surface area contributed by atoms with Gasteiger partial charge in [-0.25, -0.2) is 13.1 Å². The van der Waals surface area contributed by atoms with Crippen LogP contribution in [0.3, 0.4) is 0 Å². The molecule has 0 amide bonds. The molecule has 0 saturated carbocycles. The zero-order valence-corrected chi connectivity index (χ0v) is 16.7. The quantitative estimate of drug-likeness (QED) is 0.711. The number of hydrogen-bond donors (Lipinski definition) is 0. The highest BCUT2D eigenvalue weighted by Gasteiger charge is 2.31. The summed E-state index contributed by atoms with van der Waals surface area (Å²) in [5, 5.41) is 12.1. The van der Waals surface area contributed by atoms with Gasteiger partial charge in [-0.15, -0.1) is 5.10 Å². The Bertz CT molecular complexity index is 865. The lowest BCUT2D eigenvalue weighted by Gasteiger charge is -2.33. The summed E-state index contributed by atoms with van der Waals surface area (Å²) < 4.78 is 28.9. The van der Waals surface area contributed by atoms with Crippen LogP contribution in [0.5, 0.6) is 0 Å². The van der Waals surface area contributed by atoms with E-state index in [-0.39, 0.29) is 14.9 Å². The Hall–Kier alpha value is -1.26. The number of tetrazole rings is 1. The molecule has 2 aromatic rings. The van der Waals surface area contributed by atoms with Gasteiger partial charge in [0.1, 0.15) is 4.90 Å². The fraction of sp³-hybridized carbons (Fsp3) is 0.533. The molecule has 1 saturated heterocycles. The van der Waals surface area contributed by atoms with Crippen LogP contribution < -0.4 is 0 Å². The summed E-state index contributed by atoms with van der Waals surface area (Å²) >= 11 is 12.1. The monoisotopic (exact) mass is 418 g/mol. The number of hydrogen-bond acceptors (Lipinski definition) is 6. The molecule has 11 heteroatoms. The van der Waals surface area contributed by atoms with E-state index in [4.69, 9.17) is 23.2 Å². The molecule has 1 aliphatic rings. The van der Waals surface area contributed by atoms with Crippen molar-refractivity contribution in [3.8, 4) is 0 Å². The Labute approximate surface area is 162 Å². The maximum Gasteiger partial charge on any atom is 0.244 e. The third kappa shape index (κ3) is 4.01. The van der Waals surface area contributed by atoms with Gasteiger partial charge in [0.25, 0.3) is 0 Å². The first kappa shape index (κ1) is 19.5. The molecule has 0 atom stereocenters. The Balaban J connectivity index is 1.66. The smallest absolute Gasteiger partial charge is 0.244 e. The van der Waals surface area contributed by atoms with Crippen molar-refractivity contribution in [1.29, 1.82) is 0 Å². The third-order valence-electron chi connectivity index (χ3n) is 4.27. The molecular weight excluding hydrogens is 399 g/mol. The minimum atomic E-state index is -3.67. The lowest BCUT2D eigenvalue weighted by Crippen LogP contribution is -2.48. The van der Waals surface area contributed by atoms with Crippen molar-refractivity contribution in [2.45, 2.75) is 31.3 Å². The van der Waals surface area contributed by atoms with E-state index in [9.17, 15) is 8.42 Å². The Morgan fingerprint density at radius 2 is 1.88 bits per heavy atom. The van der Waals surface area contributed by atoms with Gasteiger partial charge in [-0.1, -0.05) is 36.2 Å².